The lowest BCUT2D eigenvalue weighted by atomic mass is 10.1. The zero-order valence-electron chi connectivity index (χ0n) is 17.4. The highest BCUT2D eigenvalue weighted by atomic mass is 32.1. The molecule has 6 nitrogen and oxygen atoms in total. The van der Waals surface area contributed by atoms with Gasteiger partial charge in [0.1, 0.15) is 12.4 Å². The summed E-state index contributed by atoms with van der Waals surface area (Å²) in [5.74, 6) is 1.50. The molecule has 0 spiro atoms. The maximum atomic E-state index is 13.2. The van der Waals surface area contributed by atoms with Gasteiger partial charge >= 0.3 is 0 Å². The Morgan fingerprint density at radius 3 is 2.56 bits per heavy atom. The van der Waals surface area contributed by atoms with Gasteiger partial charge in [0, 0.05) is 12.0 Å². The first-order valence-electron chi connectivity index (χ1n) is 9.93. The van der Waals surface area contributed by atoms with Crippen molar-refractivity contribution in [1.82, 2.24) is 14.9 Å². The summed E-state index contributed by atoms with van der Waals surface area (Å²) in [6.45, 7) is 0.392. The van der Waals surface area contributed by atoms with E-state index in [4.69, 9.17) is 21.7 Å². The second-order valence-electron chi connectivity index (χ2n) is 6.96. The quantitative estimate of drug-likeness (QED) is 0.299. The molecule has 0 amide bonds. The third-order valence-electron chi connectivity index (χ3n) is 4.76. The van der Waals surface area contributed by atoms with Crippen LogP contribution in [0.2, 0.25) is 0 Å². The molecule has 1 N–H and O–H groups in total. The van der Waals surface area contributed by atoms with E-state index in [2.05, 4.69) is 15.3 Å². The molecule has 4 aromatic rings. The number of ether oxygens (including phenoxy) is 2. The van der Waals surface area contributed by atoms with Crippen molar-refractivity contribution >= 4 is 18.4 Å². The van der Waals surface area contributed by atoms with Crippen LogP contribution in [0.1, 0.15) is 22.5 Å². The zero-order valence-corrected chi connectivity index (χ0v) is 18.2. The van der Waals surface area contributed by atoms with Gasteiger partial charge in [-0.15, -0.1) is 0 Å². The lowest BCUT2D eigenvalue weighted by Crippen LogP contribution is -2.03. The summed E-state index contributed by atoms with van der Waals surface area (Å²) in [5.41, 5.74) is 2.67. The number of hydrogen-bond acceptors (Lipinski definition) is 5. The van der Waals surface area contributed by atoms with Gasteiger partial charge < -0.3 is 9.47 Å². The maximum Gasteiger partial charge on any atom is 0.216 e. The highest BCUT2D eigenvalue weighted by Crippen LogP contribution is 2.31. The van der Waals surface area contributed by atoms with Gasteiger partial charge in [-0.2, -0.15) is 14.9 Å². The highest BCUT2D eigenvalue weighted by molar-refractivity contribution is 7.71. The standard InChI is InChI=1S/C24H21FN4O2S/c1-30-21-9-5-8-19(23(21)31-16-18-6-3-2-4-7-18)15-26-29-22(27-28-24(29)32)14-17-10-12-20(25)13-11-17/h2-13,15H,14,16H2,1H3,(H,28,32)/b26-15-. The average Bonchev–Trinajstić information content (AvgIpc) is 3.17. The van der Waals surface area contributed by atoms with E-state index in [1.165, 1.54) is 12.1 Å². The second-order valence-corrected chi connectivity index (χ2v) is 7.34. The van der Waals surface area contributed by atoms with E-state index in [1.54, 1.807) is 30.1 Å². The van der Waals surface area contributed by atoms with Crippen LogP contribution in [0.3, 0.4) is 0 Å². The lowest BCUT2D eigenvalue weighted by Gasteiger charge is -2.13. The summed E-state index contributed by atoms with van der Waals surface area (Å²) in [6.07, 6.45) is 2.10. The van der Waals surface area contributed by atoms with Gasteiger partial charge in [-0.3, -0.25) is 5.10 Å². The van der Waals surface area contributed by atoms with Crippen molar-refractivity contribution in [3.05, 3.63) is 106 Å². The summed E-state index contributed by atoms with van der Waals surface area (Å²) < 4.78 is 26.7. The Morgan fingerprint density at radius 2 is 1.81 bits per heavy atom. The third-order valence-corrected chi connectivity index (χ3v) is 5.02. The van der Waals surface area contributed by atoms with Crippen LogP contribution in [0.15, 0.2) is 77.9 Å². The van der Waals surface area contributed by atoms with E-state index >= 15 is 0 Å². The van der Waals surface area contributed by atoms with E-state index in [0.717, 1.165) is 16.7 Å². The van der Waals surface area contributed by atoms with E-state index in [9.17, 15) is 4.39 Å². The smallest absolute Gasteiger partial charge is 0.216 e. The first kappa shape index (κ1) is 21.5. The number of rotatable bonds is 8. The summed E-state index contributed by atoms with van der Waals surface area (Å²) in [4.78, 5) is 0. The lowest BCUT2D eigenvalue weighted by molar-refractivity contribution is 0.284. The molecule has 4 rings (SSSR count). The van der Waals surface area contributed by atoms with Crippen LogP contribution >= 0.6 is 12.2 Å². The molecular weight excluding hydrogens is 427 g/mol. The minimum atomic E-state index is -0.285. The fraction of sp³-hybridized carbons (Fsp3) is 0.125. The van der Waals surface area contributed by atoms with Crippen LogP contribution in [0, 0.1) is 10.6 Å². The predicted molar refractivity (Wildman–Crippen MR) is 123 cm³/mol. The van der Waals surface area contributed by atoms with E-state index in [0.29, 0.717) is 35.1 Å². The Labute approximate surface area is 190 Å². The molecular formula is C24H21FN4O2S. The number of aromatic nitrogens is 3. The van der Waals surface area contributed by atoms with Gasteiger partial charge in [-0.25, -0.2) is 4.39 Å². The molecule has 162 valence electrons. The second kappa shape index (κ2) is 10.0. The van der Waals surface area contributed by atoms with Crippen LogP contribution in [-0.4, -0.2) is 28.2 Å². The van der Waals surface area contributed by atoms with Crippen LogP contribution in [0.4, 0.5) is 4.39 Å². The number of methoxy groups -OCH3 is 1. The molecule has 0 saturated carbocycles. The normalized spacial score (nSPS) is 11.1. The van der Waals surface area contributed by atoms with E-state index in [1.807, 2.05) is 48.5 Å². The SMILES string of the molecule is COc1cccc(/C=N\n2c(Cc3ccc(F)cc3)n[nH]c2=S)c1OCc1ccccc1. The molecule has 0 unspecified atom stereocenters. The molecule has 0 radical (unpaired) electrons. The predicted octanol–water partition coefficient (Wildman–Crippen LogP) is 5.14. The van der Waals surface area contributed by atoms with Crippen LogP contribution < -0.4 is 9.47 Å². The summed E-state index contributed by atoms with van der Waals surface area (Å²) in [6, 6.07) is 21.7. The van der Waals surface area contributed by atoms with Gasteiger partial charge in [-0.05, 0) is 47.6 Å². The van der Waals surface area contributed by atoms with Gasteiger partial charge in [0.15, 0.2) is 17.3 Å². The number of hydrogen-bond donors (Lipinski definition) is 1. The van der Waals surface area contributed by atoms with Crippen molar-refractivity contribution in [3.63, 3.8) is 0 Å². The number of nitrogens with zero attached hydrogens (tertiary/aromatic N) is 3. The Kier molecular flexibility index (Phi) is 6.72. The van der Waals surface area contributed by atoms with Gasteiger partial charge in [-0.1, -0.05) is 48.5 Å². The number of benzene rings is 3. The summed E-state index contributed by atoms with van der Waals surface area (Å²) >= 11 is 5.34. The maximum absolute atomic E-state index is 13.2. The van der Waals surface area contributed by atoms with Crippen molar-refractivity contribution < 1.29 is 13.9 Å². The molecule has 1 aromatic heterocycles. The Bertz CT molecular complexity index is 1270. The molecule has 0 fully saturated rings. The Morgan fingerprint density at radius 1 is 1.03 bits per heavy atom. The van der Waals surface area contributed by atoms with Gasteiger partial charge in [0.05, 0.1) is 13.3 Å². The number of H-pyrrole nitrogens is 1. The number of halogens is 1. The van der Waals surface area contributed by atoms with Crippen LogP contribution in [0.25, 0.3) is 0 Å². The molecule has 0 atom stereocenters. The van der Waals surface area contributed by atoms with Gasteiger partial charge in [0.25, 0.3) is 0 Å². The minimum Gasteiger partial charge on any atom is -0.493 e. The van der Waals surface area contributed by atoms with Crippen molar-refractivity contribution in [1.29, 1.82) is 0 Å². The molecule has 0 aliphatic carbocycles. The fourth-order valence-electron chi connectivity index (χ4n) is 3.14. The fourth-order valence-corrected chi connectivity index (χ4v) is 3.34. The van der Waals surface area contributed by atoms with Crippen LogP contribution in [0.5, 0.6) is 11.5 Å². The first-order valence-corrected chi connectivity index (χ1v) is 10.3. The number of para-hydroxylation sites is 1. The van der Waals surface area contributed by atoms with E-state index in [-0.39, 0.29) is 5.82 Å². The first-order chi connectivity index (χ1) is 15.6. The average molecular weight is 449 g/mol. The van der Waals surface area contributed by atoms with Gasteiger partial charge in [0.2, 0.25) is 4.77 Å². The number of nitrogens with one attached hydrogen (secondary N) is 1. The molecule has 0 aliphatic heterocycles. The van der Waals surface area contributed by atoms with E-state index < -0.39 is 0 Å². The molecule has 0 bridgehead atoms. The summed E-state index contributed by atoms with van der Waals surface area (Å²) in [5, 5.41) is 11.5. The molecule has 0 aliphatic rings. The molecule has 8 heteroatoms. The third kappa shape index (κ3) is 5.09. The van der Waals surface area contributed by atoms with Crippen molar-refractivity contribution in [2.45, 2.75) is 13.0 Å². The Hall–Kier alpha value is -3.78. The minimum absolute atomic E-state index is 0.285. The van der Waals surface area contributed by atoms with Crippen molar-refractivity contribution in [2.24, 2.45) is 5.10 Å². The molecule has 3 aromatic carbocycles. The molecule has 0 saturated heterocycles. The van der Waals surface area contributed by atoms with Crippen molar-refractivity contribution in [2.75, 3.05) is 7.11 Å². The number of aromatic amines is 1. The highest BCUT2D eigenvalue weighted by Gasteiger charge is 2.11. The largest absolute Gasteiger partial charge is 0.493 e. The van der Waals surface area contributed by atoms with Crippen molar-refractivity contribution in [3.8, 4) is 11.5 Å². The zero-order chi connectivity index (χ0) is 22.3. The summed E-state index contributed by atoms with van der Waals surface area (Å²) in [7, 11) is 1.60. The monoisotopic (exact) mass is 448 g/mol. The Balaban J connectivity index is 1.60. The topological polar surface area (TPSA) is 64.4 Å². The molecule has 1 heterocycles. The van der Waals surface area contributed by atoms with Crippen LogP contribution in [-0.2, 0) is 13.0 Å². The molecule has 32 heavy (non-hydrogen) atoms.